The molecule has 1 atom stereocenters. The highest BCUT2D eigenvalue weighted by atomic mass is 32.2. The number of benzene rings is 1. The molecule has 1 fully saturated rings. The highest BCUT2D eigenvalue weighted by molar-refractivity contribution is 7.98. The Balaban J connectivity index is 1.85. The zero-order valence-electron chi connectivity index (χ0n) is 12.5. The number of thioether (sulfide) groups is 1. The first kappa shape index (κ1) is 14.9. The second-order valence-corrected chi connectivity index (χ2v) is 6.67. The number of rotatable bonds is 5. The molecule has 0 aromatic heterocycles. The fourth-order valence-corrected chi connectivity index (χ4v) is 3.49. The molecule has 0 saturated heterocycles. The second-order valence-electron chi connectivity index (χ2n) is 5.79. The van der Waals surface area contributed by atoms with Gasteiger partial charge in [-0.3, -0.25) is 0 Å². The monoisotopic (exact) mass is 277 g/mol. The van der Waals surface area contributed by atoms with Gasteiger partial charge in [-0.25, -0.2) is 0 Å². The van der Waals surface area contributed by atoms with Gasteiger partial charge < -0.3 is 5.32 Å². The van der Waals surface area contributed by atoms with Crippen LogP contribution in [0.1, 0.15) is 57.6 Å². The van der Waals surface area contributed by atoms with E-state index in [1.165, 1.54) is 42.6 Å². The molecule has 1 saturated carbocycles. The second kappa shape index (κ2) is 7.35. The number of hydrogen-bond acceptors (Lipinski definition) is 2. The molecular formula is C17H27NS. The summed E-state index contributed by atoms with van der Waals surface area (Å²) in [6.45, 7) is 4.62. The molecule has 2 heteroatoms. The van der Waals surface area contributed by atoms with Crippen LogP contribution in [0.25, 0.3) is 0 Å². The molecule has 0 bridgehead atoms. The van der Waals surface area contributed by atoms with Crippen LogP contribution in [0.3, 0.4) is 0 Å². The van der Waals surface area contributed by atoms with E-state index in [0.29, 0.717) is 6.04 Å². The van der Waals surface area contributed by atoms with Crippen LogP contribution in [0.5, 0.6) is 0 Å². The van der Waals surface area contributed by atoms with E-state index in [0.717, 1.165) is 12.0 Å². The molecule has 1 nitrogen and oxygen atoms in total. The van der Waals surface area contributed by atoms with Gasteiger partial charge in [0.1, 0.15) is 0 Å². The van der Waals surface area contributed by atoms with E-state index in [2.05, 4.69) is 49.7 Å². The Labute approximate surface area is 122 Å². The van der Waals surface area contributed by atoms with Gasteiger partial charge in [-0.1, -0.05) is 25.5 Å². The van der Waals surface area contributed by atoms with Gasteiger partial charge in [0, 0.05) is 17.0 Å². The molecule has 1 aliphatic carbocycles. The first-order valence-corrected chi connectivity index (χ1v) is 8.85. The summed E-state index contributed by atoms with van der Waals surface area (Å²) < 4.78 is 0. The topological polar surface area (TPSA) is 12.0 Å². The Kier molecular flexibility index (Phi) is 5.77. The van der Waals surface area contributed by atoms with Gasteiger partial charge in [0.05, 0.1) is 0 Å². The maximum absolute atomic E-state index is 3.81. The zero-order chi connectivity index (χ0) is 13.7. The SMILES string of the molecule is CCC1CCC(NC(C)c2ccc(SC)cc2)CC1. The molecular weight excluding hydrogens is 250 g/mol. The van der Waals surface area contributed by atoms with Crippen molar-refractivity contribution in [3.63, 3.8) is 0 Å². The van der Waals surface area contributed by atoms with Crippen molar-refractivity contribution < 1.29 is 0 Å². The van der Waals surface area contributed by atoms with Crippen molar-refractivity contribution in [2.45, 2.75) is 62.9 Å². The van der Waals surface area contributed by atoms with Crippen molar-refractivity contribution in [3.05, 3.63) is 29.8 Å². The molecule has 2 rings (SSSR count). The summed E-state index contributed by atoms with van der Waals surface area (Å²) >= 11 is 1.81. The van der Waals surface area contributed by atoms with Crippen LogP contribution in [-0.4, -0.2) is 12.3 Å². The van der Waals surface area contributed by atoms with Gasteiger partial charge in [-0.15, -0.1) is 11.8 Å². The standard InChI is InChI=1S/C17H27NS/c1-4-14-5-9-16(10-6-14)18-13(2)15-7-11-17(19-3)12-8-15/h7-8,11-14,16,18H,4-6,9-10H2,1-3H3. The minimum Gasteiger partial charge on any atom is -0.307 e. The molecule has 19 heavy (non-hydrogen) atoms. The molecule has 0 radical (unpaired) electrons. The maximum atomic E-state index is 3.81. The summed E-state index contributed by atoms with van der Waals surface area (Å²) in [5.74, 6) is 0.981. The van der Waals surface area contributed by atoms with Crippen LogP contribution in [0, 0.1) is 5.92 Å². The lowest BCUT2D eigenvalue weighted by Gasteiger charge is -2.31. The Morgan fingerprint density at radius 2 is 1.79 bits per heavy atom. The molecule has 1 aromatic carbocycles. The highest BCUT2D eigenvalue weighted by Gasteiger charge is 2.21. The molecule has 0 aliphatic heterocycles. The highest BCUT2D eigenvalue weighted by Crippen LogP contribution is 2.28. The summed E-state index contributed by atoms with van der Waals surface area (Å²) in [6.07, 6.45) is 9.01. The van der Waals surface area contributed by atoms with E-state index in [4.69, 9.17) is 0 Å². The summed E-state index contributed by atoms with van der Waals surface area (Å²) in [5.41, 5.74) is 1.41. The van der Waals surface area contributed by atoms with Crippen molar-refractivity contribution in [2.24, 2.45) is 5.92 Å². The Morgan fingerprint density at radius 1 is 1.16 bits per heavy atom. The molecule has 0 spiro atoms. The summed E-state index contributed by atoms with van der Waals surface area (Å²) in [6, 6.07) is 10.2. The van der Waals surface area contributed by atoms with E-state index in [1.807, 2.05) is 11.8 Å². The van der Waals surface area contributed by atoms with Crippen molar-refractivity contribution in [1.82, 2.24) is 5.32 Å². The van der Waals surface area contributed by atoms with E-state index >= 15 is 0 Å². The number of nitrogens with one attached hydrogen (secondary N) is 1. The molecule has 1 N–H and O–H groups in total. The minimum atomic E-state index is 0.471. The first-order valence-electron chi connectivity index (χ1n) is 7.63. The maximum Gasteiger partial charge on any atom is 0.0294 e. The van der Waals surface area contributed by atoms with E-state index < -0.39 is 0 Å². The van der Waals surface area contributed by atoms with Crippen molar-refractivity contribution in [2.75, 3.05) is 6.26 Å². The lowest BCUT2D eigenvalue weighted by molar-refractivity contribution is 0.273. The fourth-order valence-electron chi connectivity index (χ4n) is 3.08. The van der Waals surface area contributed by atoms with Gasteiger partial charge >= 0.3 is 0 Å². The Hall–Kier alpha value is -0.470. The fraction of sp³-hybridized carbons (Fsp3) is 0.647. The normalized spacial score (nSPS) is 25.2. The lowest BCUT2D eigenvalue weighted by atomic mass is 9.84. The lowest BCUT2D eigenvalue weighted by Crippen LogP contribution is -2.34. The van der Waals surface area contributed by atoms with Gasteiger partial charge in [0.15, 0.2) is 0 Å². The smallest absolute Gasteiger partial charge is 0.0294 e. The Bertz CT molecular complexity index is 365. The summed E-state index contributed by atoms with van der Waals surface area (Å²) in [4.78, 5) is 1.35. The van der Waals surface area contributed by atoms with Gasteiger partial charge in [-0.2, -0.15) is 0 Å². The molecule has 0 amide bonds. The third-order valence-corrected chi connectivity index (χ3v) is 5.27. The van der Waals surface area contributed by atoms with Crippen LogP contribution in [0.2, 0.25) is 0 Å². The average molecular weight is 277 g/mol. The van der Waals surface area contributed by atoms with Gasteiger partial charge in [0.25, 0.3) is 0 Å². The molecule has 1 aliphatic rings. The minimum absolute atomic E-state index is 0.471. The van der Waals surface area contributed by atoms with Crippen LogP contribution in [-0.2, 0) is 0 Å². The quantitative estimate of drug-likeness (QED) is 0.758. The van der Waals surface area contributed by atoms with Gasteiger partial charge in [-0.05, 0) is 62.5 Å². The van der Waals surface area contributed by atoms with Gasteiger partial charge in [0.2, 0.25) is 0 Å². The molecule has 1 unspecified atom stereocenters. The first-order chi connectivity index (χ1) is 9.22. The zero-order valence-corrected chi connectivity index (χ0v) is 13.3. The third-order valence-electron chi connectivity index (χ3n) is 4.53. The third kappa shape index (κ3) is 4.25. The molecule has 1 aromatic rings. The Morgan fingerprint density at radius 3 is 2.32 bits per heavy atom. The van der Waals surface area contributed by atoms with Crippen molar-refractivity contribution in [3.8, 4) is 0 Å². The van der Waals surface area contributed by atoms with Crippen molar-refractivity contribution in [1.29, 1.82) is 0 Å². The van der Waals surface area contributed by atoms with Crippen LogP contribution in [0.4, 0.5) is 0 Å². The average Bonchev–Trinajstić information content (AvgIpc) is 2.48. The predicted molar refractivity (Wildman–Crippen MR) is 85.8 cm³/mol. The predicted octanol–water partition coefficient (Wildman–Crippen LogP) is 5.03. The van der Waals surface area contributed by atoms with E-state index in [9.17, 15) is 0 Å². The van der Waals surface area contributed by atoms with Crippen LogP contribution >= 0.6 is 11.8 Å². The summed E-state index contributed by atoms with van der Waals surface area (Å²) in [7, 11) is 0. The van der Waals surface area contributed by atoms with E-state index in [-0.39, 0.29) is 0 Å². The van der Waals surface area contributed by atoms with Crippen LogP contribution in [0.15, 0.2) is 29.2 Å². The van der Waals surface area contributed by atoms with E-state index in [1.54, 1.807) is 0 Å². The van der Waals surface area contributed by atoms with Crippen LogP contribution < -0.4 is 5.32 Å². The molecule has 0 heterocycles. The van der Waals surface area contributed by atoms with Crippen molar-refractivity contribution >= 4 is 11.8 Å². The summed E-state index contributed by atoms with van der Waals surface area (Å²) in [5, 5.41) is 3.81. The largest absolute Gasteiger partial charge is 0.307 e. The molecule has 106 valence electrons. The number of hydrogen-bond donors (Lipinski definition) is 1.